The Morgan fingerprint density at radius 3 is 2.53 bits per heavy atom. The molecule has 0 aromatic carbocycles. The molecule has 5 nitrogen and oxygen atoms in total. The van der Waals surface area contributed by atoms with E-state index in [0.29, 0.717) is 0 Å². The summed E-state index contributed by atoms with van der Waals surface area (Å²) in [7, 11) is 5.93. The van der Waals surface area contributed by atoms with E-state index in [-0.39, 0.29) is 6.17 Å². The van der Waals surface area contributed by atoms with Crippen molar-refractivity contribution in [1.29, 1.82) is 0 Å². The van der Waals surface area contributed by atoms with Gasteiger partial charge in [-0.25, -0.2) is 9.98 Å². The Morgan fingerprint density at radius 2 is 1.94 bits per heavy atom. The standard InChI is InChI=1S/C11H17N5S/c1-8-12-10(15(2)3)14-11(13-8)16(4)9-6-5-7-17-9/h5-8H,1-4H3,(H,12,13,14). The van der Waals surface area contributed by atoms with E-state index in [1.54, 1.807) is 11.3 Å². The molecule has 92 valence electrons. The molecule has 6 heteroatoms. The first-order chi connectivity index (χ1) is 8.08. The first kappa shape index (κ1) is 11.9. The third-order valence-corrected chi connectivity index (χ3v) is 3.36. The second kappa shape index (κ2) is 4.75. The van der Waals surface area contributed by atoms with Gasteiger partial charge in [0.25, 0.3) is 0 Å². The molecular weight excluding hydrogens is 234 g/mol. The number of guanidine groups is 2. The van der Waals surface area contributed by atoms with E-state index in [2.05, 4.69) is 26.7 Å². The van der Waals surface area contributed by atoms with Gasteiger partial charge in [-0.2, -0.15) is 0 Å². The molecule has 0 fully saturated rings. The van der Waals surface area contributed by atoms with Crippen LogP contribution in [0, 0.1) is 0 Å². The fraction of sp³-hybridized carbons (Fsp3) is 0.455. The molecule has 1 aliphatic heterocycles. The Labute approximate surface area is 105 Å². The van der Waals surface area contributed by atoms with E-state index in [4.69, 9.17) is 0 Å². The van der Waals surface area contributed by atoms with Gasteiger partial charge in [-0.3, -0.25) is 5.32 Å². The van der Waals surface area contributed by atoms with Gasteiger partial charge in [0.15, 0.2) is 0 Å². The second-order valence-corrected chi connectivity index (χ2v) is 4.99. The maximum Gasteiger partial charge on any atom is 0.207 e. The van der Waals surface area contributed by atoms with Crippen molar-refractivity contribution in [3.8, 4) is 0 Å². The summed E-state index contributed by atoms with van der Waals surface area (Å²) >= 11 is 1.69. The summed E-state index contributed by atoms with van der Waals surface area (Å²) in [6, 6.07) is 4.10. The number of hydrogen-bond acceptors (Lipinski definition) is 6. The Hall–Kier alpha value is -1.56. The summed E-state index contributed by atoms with van der Waals surface area (Å²) in [5.41, 5.74) is 0. The molecule has 0 aliphatic carbocycles. The topological polar surface area (TPSA) is 43.2 Å². The maximum absolute atomic E-state index is 4.49. The normalized spacial score (nSPS) is 19.2. The molecule has 2 heterocycles. The zero-order valence-electron chi connectivity index (χ0n) is 10.5. The quantitative estimate of drug-likeness (QED) is 0.820. The minimum Gasteiger partial charge on any atom is -0.349 e. The number of hydrogen-bond donors (Lipinski definition) is 1. The van der Waals surface area contributed by atoms with E-state index in [0.717, 1.165) is 16.9 Å². The molecule has 17 heavy (non-hydrogen) atoms. The van der Waals surface area contributed by atoms with Crippen LogP contribution in [0.15, 0.2) is 27.5 Å². The van der Waals surface area contributed by atoms with Gasteiger partial charge in [0.2, 0.25) is 11.9 Å². The highest BCUT2D eigenvalue weighted by Gasteiger charge is 2.18. The minimum absolute atomic E-state index is 0.0499. The van der Waals surface area contributed by atoms with Crippen molar-refractivity contribution in [2.45, 2.75) is 13.1 Å². The molecule has 2 rings (SSSR count). The lowest BCUT2D eigenvalue weighted by Gasteiger charge is -2.28. The van der Waals surface area contributed by atoms with Gasteiger partial charge in [-0.1, -0.05) is 0 Å². The van der Waals surface area contributed by atoms with Crippen LogP contribution in [-0.2, 0) is 0 Å². The zero-order chi connectivity index (χ0) is 12.4. The first-order valence-electron chi connectivity index (χ1n) is 5.45. The SMILES string of the molecule is CC1N=C(N(C)C)NC(N(C)c2cccs2)=N1. The van der Waals surface area contributed by atoms with Crippen molar-refractivity contribution in [2.75, 3.05) is 26.0 Å². The van der Waals surface area contributed by atoms with Crippen LogP contribution in [0.3, 0.4) is 0 Å². The number of rotatable bonds is 1. The van der Waals surface area contributed by atoms with Crippen molar-refractivity contribution in [2.24, 2.45) is 9.98 Å². The van der Waals surface area contributed by atoms with Gasteiger partial charge >= 0.3 is 0 Å². The van der Waals surface area contributed by atoms with Crippen LogP contribution in [0.1, 0.15) is 6.92 Å². The molecular formula is C11H17N5S. The predicted molar refractivity (Wildman–Crippen MR) is 73.9 cm³/mol. The van der Waals surface area contributed by atoms with Crippen LogP contribution >= 0.6 is 11.3 Å². The van der Waals surface area contributed by atoms with Crippen molar-refractivity contribution in [3.63, 3.8) is 0 Å². The monoisotopic (exact) mass is 251 g/mol. The van der Waals surface area contributed by atoms with Crippen molar-refractivity contribution < 1.29 is 0 Å². The van der Waals surface area contributed by atoms with E-state index in [9.17, 15) is 0 Å². The van der Waals surface area contributed by atoms with Gasteiger partial charge in [-0.15, -0.1) is 11.3 Å². The van der Waals surface area contributed by atoms with Crippen LogP contribution in [-0.4, -0.2) is 44.1 Å². The highest BCUT2D eigenvalue weighted by atomic mass is 32.1. The molecule has 0 bridgehead atoms. The number of thiophene rings is 1. The third-order valence-electron chi connectivity index (χ3n) is 2.42. The molecule has 0 spiro atoms. The van der Waals surface area contributed by atoms with Crippen molar-refractivity contribution in [3.05, 3.63) is 17.5 Å². The lowest BCUT2D eigenvalue weighted by molar-refractivity contribution is 0.581. The fourth-order valence-corrected chi connectivity index (χ4v) is 2.21. The molecule has 0 saturated heterocycles. The lowest BCUT2D eigenvalue weighted by atomic mass is 10.5. The smallest absolute Gasteiger partial charge is 0.207 e. The Kier molecular flexibility index (Phi) is 3.33. The Morgan fingerprint density at radius 1 is 1.24 bits per heavy atom. The highest BCUT2D eigenvalue weighted by Crippen LogP contribution is 2.20. The Balaban J connectivity index is 2.18. The third kappa shape index (κ3) is 2.58. The molecule has 0 saturated carbocycles. The molecule has 1 N–H and O–H groups in total. The summed E-state index contributed by atoms with van der Waals surface area (Å²) in [6.07, 6.45) is -0.0499. The van der Waals surface area contributed by atoms with E-state index >= 15 is 0 Å². The minimum atomic E-state index is -0.0499. The van der Waals surface area contributed by atoms with Gasteiger partial charge < -0.3 is 9.80 Å². The summed E-state index contributed by atoms with van der Waals surface area (Å²) < 4.78 is 0. The van der Waals surface area contributed by atoms with Crippen molar-refractivity contribution >= 4 is 28.3 Å². The van der Waals surface area contributed by atoms with E-state index in [1.165, 1.54) is 0 Å². The average molecular weight is 251 g/mol. The van der Waals surface area contributed by atoms with Crippen molar-refractivity contribution in [1.82, 2.24) is 10.2 Å². The average Bonchev–Trinajstić information content (AvgIpc) is 2.80. The van der Waals surface area contributed by atoms with E-state index < -0.39 is 0 Å². The van der Waals surface area contributed by atoms with Crippen LogP contribution < -0.4 is 10.2 Å². The summed E-state index contributed by atoms with van der Waals surface area (Å²) in [6.45, 7) is 1.98. The number of anilines is 1. The highest BCUT2D eigenvalue weighted by molar-refractivity contribution is 7.14. The number of aliphatic imine (C=N–C) groups is 2. The van der Waals surface area contributed by atoms with Gasteiger partial charge in [-0.05, 0) is 24.4 Å². The summed E-state index contributed by atoms with van der Waals surface area (Å²) in [4.78, 5) is 12.9. The summed E-state index contributed by atoms with van der Waals surface area (Å²) in [5.74, 6) is 1.67. The zero-order valence-corrected chi connectivity index (χ0v) is 11.3. The Bertz CT molecular complexity index is 435. The summed E-state index contributed by atoms with van der Waals surface area (Å²) in [5, 5.41) is 6.44. The number of nitrogens with one attached hydrogen (secondary N) is 1. The van der Waals surface area contributed by atoms with Gasteiger partial charge in [0, 0.05) is 21.1 Å². The molecule has 1 atom stereocenters. The van der Waals surface area contributed by atoms with Crippen LogP contribution in [0.5, 0.6) is 0 Å². The van der Waals surface area contributed by atoms with Crippen LogP contribution in [0.2, 0.25) is 0 Å². The predicted octanol–water partition coefficient (Wildman–Crippen LogP) is 1.41. The molecule has 0 radical (unpaired) electrons. The molecule has 1 aliphatic rings. The van der Waals surface area contributed by atoms with Crippen LogP contribution in [0.25, 0.3) is 0 Å². The molecule has 1 aromatic rings. The molecule has 1 aromatic heterocycles. The van der Waals surface area contributed by atoms with Gasteiger partial charge in [0.1, 0.15) is 6.17 Å². The first-order valence-corrected chi connectivity index (χ1v) is 6.33. The largest absolute Gasteiger partial charge is 0.349 e. The fourth-order valence-electron chi connectivity index (χ4n) is 1.51. The number of nitrogens with zero attached hydrogens (tertiary/aromatic N) is 4. The molecule has 0 amide bonds. The van der Waals surface area contributed by atoms with Crippen LogP contribution in [0.4, 0.5) is 5.00 Å². The second-order valence-electron chi connectivity index (χ2n) is 4.07. The van der Waals surface area contributed by atoms with E-state index in [1.807, 2.05) is 43.9 Å². The molecule has 1 unspecified atom stereocenters. The van der Waals surface area contributed by atoms with Gasteiger partial charge in [0.05, 0.1) is 5.00 Å². The lowest BCUT2D eigenvalue weighted by Crippen LogP contribution is -2.50. The maximum atomic E-state index is 4.49.